The average Bonchev–Trinajstić information content (AvgIpc) is 3.21. The van der Waals surface area contributed by atoms with Crippen molar-refractivity contribution >= 4 is 29.7 Å². The molecular weight excluding hydrogens is 440 g/mol. The molecule has 0 spiro atoms. The molecule has 2 atom stereocenters. The van der Waals surface area contributed by atoms with Gasteiger partial charge in [-0.15, -0.1) is 11.8 Å². The number of hydrogen-bond donors (Lipinski definition) is 1. The third-order valence-electron chi connectivity index (χ3n) is 5.06. The van der Waals surface area contributed by atoms with Crippen LogP contribution in [0, 0.1) is 5.92 Å². The van der Waals surface area contributed by atoms with E-state index in [0.29, 0.717) is 24.6 Å². The first kappa shape index (κ1) is 27.0. The van der Waals surface area contributed by atoms with Gasteiger partial charge in [-0.1, -0.05) is 44.2 Å². The first-order valence-electron chi connectivity index (χ1n) is 11.6. The zero-order valence-corrected chi connectivity index (χ0v) is 21.3. The van der Waals surface area contributed by atoms with Crippen LogP contribution in [0.5, 0.6) is 0 Å². The van der Waals surface area contributed by atoms with E-state index in [-0.39, 0.29) is 30.3 Å². The summed E-state index contributed by atoms with van der Waals surface area (Å²) in [7, 11) is 0. The molecule has 1 fully saturated rings. The Hall–Kier alpha value is -2.22. The molecule has 0 bridgehead atoms. The zero-order valence-electron chi connectivity index (χ0n) is 20.5. The molecule has 0 unspecified atom stereocenters. The van der Waals surface area contributed by atoms with Crippen molar-refractivity contribution in [3.63, 3.8) is 0 Å². The van der Waals surface area contributed by atoms with Gasteiger partial charge >= 0.3 is 12.1 Å². The lowest BCUT2D eigenvalue weighted by Crippen LogP contribution is -2.49. The number of thioether (sulfide) groups is 1. The molecule has 1 heterocycles. The van der Waals surface area contributed by atoms with E-state index in [4.69, 9.17) is 9.47 Å². The Morgan fingerprint density at radius 3 is 2.52 bits per heavy atom. The predicted octanol–water partition coefficient (Wildman–Crippen LogP) is 4.39. The molecule has 8 heteroatoms. The first-order valence-corrected chi connectivity index (χ1v) is 12.8. The van der Waals surface area contributed by atoms with Crippen molar-refractivity contribution in [2.75, 3.05) is 18.1 Å². The summed E-state index contributed by atoms with van der Waals surface area (Å²) in [5.41, 5.74) is 0.398. The summed E-state index contributed by atoms with van der Waals surface area (Å²) >= 11 is 1.46. The van der Waals surface area contributed by atoms with E-state index in [1.54, 1.807) is 0 Å². The molecule has 1 aromatic rings. The maximum atomic E-state index is 13.0. The molecule has 2 amide bonds. The van der Waals surface area contributed by atoms with Crippen LogP contribution in [0.1, 0.15) is 59.4 Å². The predicted molar refractivity (Wildman–Crippen MR) is 131 cm³/mol. The fourth-order valence-electron chi connectivity index (χ4n) is 3.75. The van der Waals surface area contributed by atoms with Crippen LogP contribution in [0.2, 0.25) is 0 Å². The highest BCUT2D eigenvalue weighted by Gasteiger charge is 2.36. The summed E-state index contributed by atoms with van der Waals surface area (Å²) in [6, 6.07) is 8.87. The van der Waals surface area contributed by atoms with Crippen molar-refractivity contribution in [1.29, 1.82) is 0 Å². The third kappa shape index (κ3) is 10.1. The quantitative estimate of drug-likeness (QED) is 0.502. The number of nitrogens with one attached hydrogen (secondary N) is 1. The fraction of sp³-hybridized carbons (Fsp3) is 0.640. The van der Waals surface area contributed by atoms with E-state index in [2.05, 4.69) is 19.2 Å². The van der Waals surface area contributed by atoms with E-state index in [0.717, 1.165) is 18.4 Å². The van der Waals surface area contributed by atoms with Crippen LogP contribution < -0.4 is 5.32 Å². The van der Waals surface area contributed by atoms with Crippen LogP contribution in [0.3, 0.4) is 0 Å². The average molecular weight is 479 g/mol. The molecule has 0 saturated carbocycles. The third-order valence-corrected chi connectivity index (χ3v) is 6.13. The number of rotatable bonds is 10. The lowest BCUT2D eigenvalue weighted by Gasteiger charge is -2.27. The number of hydrogen-bond acceptors (Lipinski definition) is 6. The first-order chi connectivity index (χ1) is 15.5. The highest BCUT2D eigenvalue weighted by Crippen LogP contribution is 2.21. The van der Waals surface area contributed by atoms with Crippen LogP contribution in [0.25, 0.3) is 0 Å². The van der Waals surface area contributed by atoms with E-state index < -0.39 is 17.7 Å². The summed E-state index contributed by atoms with van der Waals surface area (Å²) in [4.78, 5) is 39.2. The van der Waals surface area contributed by atoms with Crippen LogP contribution in [0.4, 0.5) is 4.79 Å². The number of carbonyl (C=O) groups is 3. The number of ether oxygens (including phenoxy) is 2. The summed E-state index contributed by atoms with van der Waals surface area (Å²) in [6.45, 7) is 10.4. The van der Waals surface area contributed by atoms with Gasteiger partial charge in [-0.05, 0) is 51.5 Å². The van der Waals surface area contributed by atoms with Gasteiger partial charge in [0.05, 0.1) is 5.75 Å². The van der Waals surface area contributed by atoms with E-state index >= 15 is 0 Å². The van der Waals surface area contributed by atoms with Gasteiger partial charge < -0.3 is 14.8 Å². The van der Waals surface area contributed by atoms with Gasteiger partial charge in [0.1, 0.15) is 18.2 Å². The largest absolute Gasteiger partial charge is 0.459 e. The van der Waals surface area contributed by atoms with Gasteiger partial charge in [0, 0.05) is 18.3 Å². The number of likely N-dealkylation sites (tertiary alicyclic amines) is 1. The second-order valence-electron chi connectivity index (χ2n) is 9.83. The maximum absolute atomic E-state index is 13.0. The number of carbonyl (C=O) groups excluding carboxylic acids is 3. The monoisotopic (exact) mass is 478 g/mol. The number of nitrogens with zero attached hydrogens (tertiary/aromatic N) is 1. The lowest BCUT2D eigenvalue weighted by molar-refractivity contribution is -0.151. The molecule has 184 valence electrons. The number of amides is 2. The van der Waals surface area contributed by atoms with Gasteiger partial charge in [-0.3, -0.25) is 14.5 Å². The molecule has 7 nitrogen and oxygen atoms in total. The Labute approximate surface area is 202 Å². The summed E-state index contributed by atoms with van der Waals surface area (Å²) in [6.07, 6.45) is 1.71. The van der Waals surface area contributed by atoms with Crippen molar-refractivity contribution in [3.05, 3.63) is 35.9 Å². The Balaban J connectivity index is 1.88. The molecule has 2 rings (SSSR count). The van der Waals surface area contributed by atoms with E-state index in [1.807, 2.05) is 51.1 Å². The normalized spacial score (nSPS) is 17.0. The summed E-state index contributed by atoms with van der Waals surface area (Å²) in [5.74, 6) is 0.808. The van der Waals surface area contributed by atoms with Gasteiger partial charge in [0.2, 0.25) is 5.91 Å². The SMILES string of the molecule is CC(C)C[C@@H](CSCC(=O)OC(C)(C)C)NC(=O)[C@H]1CCCN1C(=O)OCc1ccccc1. The molecule has 0 radical (unpaired) electrons. The van der Waals surface area contributed by atoms with Crippen LogP contribution >= 0.6 is 11.8 Å². The van der Waals surface area contributed by atoms with Crippen molar-refractivity contribution in [2.45, 2.75) is 78.2 Å². The lowest BCUT2D eigenvalue weighted by atomic mass is 10.0. The Kier molecular flexibility index (Phi) is 10.5. The minimum atomic E-state index is -0.529. The number of esters is 1. The van der Waals surface area contributed by atoms with Gasteiger partial charge in [-0.25, -0.2) is 4.79 Å². The maximum Gasteiger partial charge on any atom is 0.410 e. The molecule has 1 aliphatic rings. The Bertz CT molecular complexity index is 779. The highest BCUT2D eigenvalue weighted by molar-refractivity contribution is 7.99. The summed E-state index contributed by atoms with van der Waals surface area (Å²) < 4.78 is 10.8. The second-order valence-corrected chi connectivity index (χ2v) is 10.9. The van der Waals surface area contributed by atoms with E-state index in [9.17, 15) is 14.4 Å². The molecule has 1 aromatic carbocycles. The zero-order chi connectivity index (χ0) is 24.4. The van der Waals surface area contributed by atoms with Crippen LogP contribution in [-0.2, 0) is 25.7 Å². The highest BCUT2D eigenvalue weighted by atomic mass is 32.2. The number of benzene rings is 1. The summed E-state index contributed by atoms with van der Waals surface area (Å²) in [5, 5.41) is 3.11. The second kappa shape index (κ2) is 12.9. The van der Waals surface area contributed by atoms with Crippen molar-refractivity contribution in [2.24, 2.45) is 5.92 Å². The minimum absolute atomic E-state index is 0.0901. The van der Waals surface area contributed by atoms with Crippen molar-refractivity contribution in [1.82, 2.24) is 10.2 Å². The van der Waals surface area contributed by atoms with Crippen LogP contribution in [0.15, 0.2) is 30.3 Å². The minimum Gasteiger partial charge on any atom is -0.459 e. The topological polar surface area (TPSA) is 84.9 Å². The molecule has 1 saturated heterocycles. The van der Waals surface area contributed by atoms with Crippen molar-refractivity contribution in [3.8, 4) is 0 Å². The molecule has 0 aromatic heterocycles. The standard InChI is InChI=1S/C25H38N2O5S/c1-18(2)14-20(16-33-17-22(28)32-25(3,4)5)26-23(29)21-12-9-13-27(21)24(30)31-15-19-10-7-6-8-11-19/h6-8,10-11,18,20-21H,9,12-17H2,1-5H3,(H,26,29)/t20-,21+/m0/s1. The smallest absolute Gasteiger partial charge is 0.410 e. The molecular formula is C25H38N2O5S. The van der Waals surface area contributed by atoms with E-state index in [1.165, 1.54) is 16.7 Å². The van der Waals surface area contributed by atoms with Gasteiger partial charge in [-0.2, -0.15) is 0 Å². The molecule has 1 N–H and O–H groups in total. The molecule has 0 aliphatic carbocycles. The Morgan fingerprint density at radius 2 is 1.88 bits per heavy atom. The molecule has 1 aliphatic heterocycles. The van der Waals surface area contributed by atoms with Gasteiger partial charge in [0.25, 0.3) is 0 Å². The van der Waals surface area contributed by atoms with Crippen LogP contribution in [-0.4, -0.2) is 58.6 Å². The van der Waals surface area contributed by atoms with Gasteiger partial charge in [0.15, 0.2) is 0 Å². The molecule has 33 heavy (non-hydrogen) atoms. The van der Waals surface area contributed by atoms with Crippen molar-refractivity contribution < 1.29 is 23.9 Å². The Morgan fingerprint density at radius 1 is 1.18 bits per heavy atom. The fourth-order valence-corrected chi connectivity index (χ4v) is 4.60.